The fourth-order valence-corrected chi connectivity index (χ4v) is 2.42. The van der Waals surface area contributed by atoms with Crippen molar-refractivity contribution >= 4 is 17.2 Å². The van der Waals surface area contributed by atoms with E-state index < -0.39 is 0 Å². The molecule has 0 fully saturated rings. The number of carbonyl (C=O) groups is 1. The van der Waals surface area contributed by atoms with Crippen LogP contribution in [-0.4, -0.2) is 28.9 Å². The van der Waals surface area contributed by atoms with E-state index in [1.807, 2.05) is 19.1 Å². The highest BCUT2D eigenvalue weighted by Crippen LogP contribution is 2.20. The standard InChI is InChI=1S/C11H15N3OS/c1-2-8(12)10-13-9(7-16-10)11(15)14-5-3-4-6-14/h3-4,7-8H,2,5-6,12H2,1H3. The van der Waals surface area contributed by atoms with E-state index in [4.69, 9.17) is 5.73 Å². The van der Waals surface area contributed by atoms with E-state index in [2.05, 4.69) is 4.98 Å². The van der Waals surface area contributed by atoms with Gasteiger partial charge >= 0.3 is 0 Å². The van der Waals surface area contributed by atoms with Crippen LogP contribution < -0.4 is 5.73 Å². The van der Waals surface area contributed by atoms with E-state index in [-0.39, 0.29) is 11.9 Å². The summed E-state index contributed by atoms with van der Waals surface area (Å²) >= 11 is 1.47. The zero-order valence-corrected chi connectivity index (χ0v) is 10.0. The van der Waals surface area contributed by atoms with Crippen molar-refractivity contribution in [3.63, 3.8) is 0 Å². The van der Waals surface area contributed by atoms with Crippen molar-refractivity contribution in [2.75, 3.05) is 13.1 Å². The van der Waals surface area contributed by atoms with Gasteiger partial charge in [-0.15, -0.1) is 11.3 Å². The van der Waals surface area contributed by atoms with Crippen molar-refractivity contribution in [2.45, 2.75) is 19.4 Å². The molecule has 86 valence electrons. The molecule has 5 heteroatoms. The number of hydrogen-bond donors (Lipinski definition) is 1. The molecule has 2 heterocycles. The third-order valence-electron chi connectivity index (χ3n) is 2.60. The topological polar surface area (TPSA) is 59.2 Å². The second-order valence-corrected chi connectivity index (χ2v) is 4.66. The molecule has 1 amide bonds. The van der Waals surface area contributed by atoms with E-state index in [0.29, 0.717) is 18.8 Å². The van der Waals surface area contributed by atoms with Crippen LogP contribution in [0.15, 0.2) is 17.5 Å². The summed E-state index contributed by atoms with van der Waals surface area (Å²) in [6.45, 7) is 3.38. The van der Waals surface area contributed by atoms with Crippen LogP contribution in [0, 0.1) is 0 Å². The van der Waals surface area contributed by atoms with Crippen LogP contribution in [0.3, 0.4) is 0 Å². The Kier molecular flexibility index (Phi) is 3.36. The number of thiazole rings is 1. The molecule has 1 aliphatic heterocycles. The molecule has 0 aliphatic carbocycles. The molecule has 0 saturated carbocycles. The number of nitrogens with zero attached hydrogens (tertiary/aromatic N) is 2. The van der Waals surface area contributed by atoms with E-state index in [1.165, 1.54) is 11.3 Å². The van der Waals surface area contributed by atoms with Crippen LogP contribution in [0.2, 0.25) is 0 Å². The summed E-state index contributed by atoms with van der Waals surface area (Å²) in [4.78, 5) is 18.0. The number of aromatic nitrogens is 1. The molecule has 4 nitrogen and oxygen atoms in total. The first-order chi connectivity index (χ1) is 7.72. The van der Waals surface area contributed by atoms with Gasteiger partial charge in [0.2, 0.25) is 0 Å². The Morgan fingerprint density at radius 3 is 2.94 bits per heavy atom. The van der Waals surface area contributed by atoms with Gasteiger partial charge in [0.15, 0.2) is 0 Å². The SMILES string of the molecule is CCC(N)c1nc(C(=O)N2CC=CC2)cs1. The molecular formula is C11H15N3OS. The Bertz CT molecular complexity index is 405. The van der Waals surface area contributed by atoms with Crippen molar-refractivity contribution in [3.05, 3.63) is 28.2 Å². The van der Waals surface area contributed by atoms with Gasteiger partial charge in [-0.2, -0.15) is 0 Å². The lowest BCUT2D eigenvalue weighted by atomic mass is 10.2. The predicted molar refractivity (Wildman–Crippen MR) is 64.4 cm³/mol. The zero-order chi connectivity index (χ0) is 11.5. The van der Waals surface area contributed by atoms with Crippen molar-refractivity contribution in [1.29, 1.82) is 0 Å². The maximum atomic E-state index is 12.0. The number of hydrogen-bond acceptors (Lipinski definition) is 4. The minimum Gasteiger partial charge on any atom is -0.330 e. The van der Waals surface area contributed by atoms with Crippen LogP contribution >= 0.6 is 11.3 Å². The third-order valence-corrected chi connectivity index (χ3v) is 3.58. The summed E-state index contributed by atoms with van der Waals surface area (Å²) in [7, 11) is 0. The summed E-state index contributed by atoms with van der Waals surface area (Å²) in [5.74, 6) is -0.00389. The van der Waals surface area contributed by atoms with E-state index in [0.717, 1.165) is 11.4 Å². The quantitative estimate of drug-likeness (QED) is 0.812. The molecule has 2 rings (SSSR count). The normalized spacial score (nSPS) is 16.8. The molecule has 0 radical (unpaired) electrons. The molecule has 1 aliphatic rings. The minimum atomic E-state index is -0.0525. The second-order valence-electron chi connectivity index (χ2n) is 3.77. The van der Waals surface area contributed by atoms with Gasteiger partial charge in [0.25, 0.3) is 5.91 Å². The predicted octanol–water partition coefficient (Wildman–Crippen LogP) is 1.56. The first kappa shape index (κ1) is 11.3. The summed E-state index contributed by atoms with van der Waals surface area (Å²) in [5, 5.41) is 2.64. The number of carbonyl (C=O) groups excluding carboxylic acids is 1. The van der Waals surface area contributed by atoms with Crippen LogP contribution in [0.4, 0.5) is 0 Å². The number of nitrogens with two attached hydrogens (primary N) is 1. The van der Waals surface area contributed by atoms with E-state index >= 15 is 0 Å². The zero-order valence-electron chi connectivity index (χ0n) is 9.22. The molecule has 1 unspecified atom stereocenters. The molecule has 0 saturated heterocycles. The Hall–Kier alpha value is -1.20. The highest BCUT2D eigenvalue weighted by Gasteiger charge is 2.20. The molecule has 0 aromatic carbocycles. The van der Waals surface area contributed by atoms with Crippen molar-refractivity contribution in [3.8, 4) is 0 Å². The maximum absolute atomic E-state index is 12.0. The lowest BCUT2D eigenvalue weighted by Gasteiger charge is -2.13. The van der Waals surface area contributed by atoms with Crippen molar-refractivity contribution < 1.29 is 4.79 Å². The smallest absolute Gasteiger partial charge is 0.273 e. The van der Waals surface area contributed by atoms with Gasteiger partial charge < -0.3 is 10.6 Å². The van der Waals surface area contributed by atoms with Crippen LogP contribution in [-0.2, 0) is 0 Å². The number of rotatable bonds is 3. The fraction of sp³-hybridized carbons (Fsp3) is 0.455. The average Bonchev–Trinajstić information content (AvgIpc) is 2.97. The Labute approximate surface area is 98.8 Å². The first-order valence-electron chi connectivity index (χ1n) is 5.37. The lowest BCUT2D eigenvalue weighted by Crippen LogP contribution is -2.28. The minimum absolute atomic E-state index is 0.00389. The largest absolute Gasteiger partial charge is 0.330 e. The van der Waals surface area contributed by atoms with Gasteiger partial charge in [-0.3, -0.25) is 4.79 Å². The third kappa shape index (κ3) is 2.15. The fourth-order valence-electron chi connectivity index (χ4n) is 1.54. The molecule has 1 aromatic rings. The highest BCUT2D eigenvalue weighted by molar-refractivity contribution is 7.09. The molecule has 1 atom stereocenters. The highest BCUT2D eigenvalue weighted by atomic mass is 32.1. The Morgan fingerprint density at radius 1 is 1.62 bits per heavy atom. The van der Waals surface area contributed by atoms with E-state index in [9.17, 15) is 4.79 Å². The first-order valence-corrected chi connectivity index (χ1v) is 6.25. The van der Waals surface area contributed by atoms with Crippen LogP contribution in [0.5, 0.6) is 0 Å². The molecule has 0 bridgehead atoms. The van der Waals surface area contributed by atoms with Gasteiger partial charge in [0.05, 0.1) is 6.04 Å². The van der Waals surface area contributed by atoms with Gasteiger partial charge in [-0.25, -0.2) is 4.98 Å². The molecule has 1 aromatic heterocycles. The van der Waals surface area contributed by atoms with Crippen molar-refractivity contribution in [2.24, 2.45) is 5.73 Å². The second kappa shape index (κ2) is 4.76. The summed E-state index contributed by atoms with van der Waals surface area (Å²) in [5.41, 5.74) is 6.39. The molecule has 16 heavy (non-hydrogen) atoms. The van der Waals surface area contributed by atoms with Gasteiger partial charge in [-0.1, -0.05) is 19.1 Å². The van der Waals surface area contributed by atoms with Crippen LogP contribution in [0.1, 0.15) is 34.9 Å². The van der Waals surface area contributed by atoms with E-state index in [1.54, 1.807) is 10.3 Å². The Morgan fingerprint density at radius 2 is 2.31 bits per heavy atom. The molecule has 0 spiro atoms. The summed E-state index contributed by atoms with van der Waals surface area (Å²) in [6, 6.07) is -0.0525. The van der Waals surface area contributed by atoms with Gasteiger partial charge in [-0.05, 0) is 6.42 Å². The lowest BCUT2D eigenvalue weighted by molar-refractivity contribution is 0.0795. The maximum Gasteiger partial charge on any atom is 0.273 e. The summed E-state index contributed by atoms with van der Waals surface area (Å²) < 4.78 is 0. The van der Waals surface area contributed by atoms with Gasteiger partial charge in [0, 0.05) is 18.5 Å². The molecule has 2 N–H and O–H groups in total. The van der Waals surface area contributed by atoms with Gasteiger partial charge in [0.1, 0.15) is 10.7 Å². The Balaban J connectivity index is 2.09. The molecular weight excluding hydrogens is 222 g/mol. The number of amides is 1. The summed E-state index contributed by atoms with van der Waals surface area (Å²) in [6.07, 6.45) is 4.82. The average molecular weight is 237 g/mol. The monoisotopic (exact) mass is 237 g/mol. The van der Waals surface area contributed by atoms with Crippen LogP contribution in [0.25, 0.3) is 0 Å². The van der Waals surface area contributed by atoms with Crippen molar-refractivity contribution in [1.82, 2.24) is 9.88 Å².